The van der Waals surface area contributed by atoms with Gasteiger partial charge in [0, 0.05) is 30.0 Å². The van der Waals surface area contributed by atoms with E-state index in [0.717, 1.165) is 24.3 Å². The van der Waals surface area contributed by atoms with Crippen LogP contribution in [0.3, 0.4) is 0 Å². The summed E-state index contributed by atoms with van der Waals surface area (Å²) >= 11 is 0. The van der Waals surface area contributed by atoms with E-state index in [2.05, 4.69) is 10.2 Å². The summed E-state index contributed by atoms with van der Waals surface area (Å²) in [5, 5.41) is 2.80. The summed E-state index contributed by atoms with van der Waals surface area (Å²) in [7, 11) is 1.32. The quantitative estimate of drug-likeness (QED) is 0.635. The van der Waals surface area contributed by atoms with E-state index in [1.54, 1.807) is 30.3 Å². The molecule has 3 rings (SSSR count). The van der Waals surface area contributed by atoms with E-state index in [1.807, 2.05) is 13.0 Å². The number of rotatable bonds is 4. The zero-order valence-electron chi connectivity index (χ0n) is 15.5. The number of hydrogen-bond donors (Lipinski definition) is 2. The van der Waals surface area contributed by atoms with Crippen molar-refractivity contribution in [2.75, 3.05) is 49.4 Å². The first-order valence-corrected chi connectivity index (χ1v) is 8.72. The van der Waals surface area contributed by atoms with Crippen molar-refractivity contribution >= 4 is 28.9 Å². The molecule has 0 unspecified atom stereocenters. The maximum absolute atomic E-state index is 12.7. The normalized spacial score (nSPS) is 13.9. The van der Waals surface area contributed by atoms with E-state index in [0.29, 0.717) is 35.7 Å². The molecule has 1 aliphatic rings. The molecule has 0 spiro atoms. The number of morpholine rings is 1. The van der Waals surface area contributed by atoms with Crippen molar-refractivity contribution in [2.24, 2.45) is 0 Å². The molecule has 1 fully saturated rings. The molecule has 1 heterocycles. The summed E-state index contributed by atoms with van der Waals surface area (Å²) < 4.78 is 10.3. The molecule has 0 saturated carbocycles. The van der Waals surface area contributed by atoms with Gasteiger partial charge in [0.25, 0.3) is 5.91 Å². The van der Waals surface area contributed by atoms with Gasteiger partial charge in [0.05, 0.1) is 31.6 Å². The second-order valence-electron chi connectivity index (χ2n) is 6.35. The van der Waals surface area contributed by atoms with Gasteiger partial charge >= 0.3 is 5.97 Å². The van der Waals surface area contributed by atoms with Gasteiger partial charge in [0.15, 0.2) is 0 Å². The van der Waals surface area contributed by atoms with Gasteiger partial charge in [-0.2, -0.15) is 0 Å². The molecule has 1 aliphatic heterocycles. The number of methoxy groups -OCH3 is 1. The standard InChI is InChI=1S/C20H23N3O4/c1-13-3-4-14(21)11-16(13)19(24)22-18-6-5-15(12-17(18)20(25)26-2)23-7-9-27-10-8-23/h3-6,11-12H,7-10,21H2,1-2H3,(H,22,24). The maximum Gasteiger partial charge on any atom is 0.340 e. The Morgan fingerprint density at radius 3 is 2.56 bits per heavy atom. The smallest absolute Gasteiger partial charge is 0.340 e. The highest BCUT2D eigenvalue weighted by Crippen LogP contribution is 2.26. The monoisotopic (exact) mass is 369 g/mol. The predicted octanol–water partition coefficient (Wildman–Crippen LogP) is 2.45. The number of amides is 1. The predicted molar refractivity (Wildman–Crippen MR) is 104 cm³/mol. The average Bonchev–Trinajstić information content (AvgIpc) is 2.70. The van der Waals surface area contributed by atoms with Crippen molar-refractivity contribution in [1.29, 1.82) is 0 Å². The van der Waals surface area contributed by atoms with E-state index in [1.165, 1.54) is 7.11 Å². The Hall–Kier alpha value is -3.06. The first-order valence-electron chi connectivity index (χ1n) is 8.72. The summed E-state index contributed by atoms with van der Waals surface area (Å²) in [6.45, 7) is 4.60. The molecule has 7 heteroatoms. The molecule has 0 aliphatic carbocycles. The van der Waals surface area contributed by atoms with Crippen LogP contribution in [-0.4, -0.2) is 45.3 Å². The second-order valence-corrected chi connectivity index (χ2v) is 6.35. The number of nitrogens with two attached hydrogens (primary N) is 1. The fourth-order valence-corrected chi connectivity index (χ4v) is 3.01. The molecular formula is C20H23N3O4. The molecule has 142 valence electrons. The summed E-state index contributed by atoms with van der Waals surface area (Å²) in [4.78, 5) is 27.1. The lowest BCUT2D eigenvalue weighted by Gasteiger charge is -2.29. The third-order valence-corrected chi connectivity index (χ3v) is 4.54. The Balaban J connectivity index is 1.90. The number of carbonyl (C=O) groups is 2. The van der Waals surface area contributed by atoms with Gasteiger partial charge in [-0.1, -0.05) is 6.07 Å². The first-order chi connectivity index (χ1) is 13.0. The minimum Gasteiger partial charge on any atom is -0.465 e. The molecule has 2 aromatic rings. The molecular weight excluding hydrogens is 346 g/mol. The molecule has 0 bridgehead atoms. The minimum absolute atomic E-state index is 0.302. The second kappa shape index (κ2) is 8.09. The van der Waals surface area contributed by atoms with Crippen LogP contribution in [0.5, 0.6) is 0 Å². The number of anilines is 3. The van der Waals surface area contributed by atoms with E-state index >= 15 is 0 Å². The maximum atomic E-state index is 12.7. The molecule has 1 saturated heterocycles. The third kappa shape index (κ3) is 4.20. The van der Waals surface area contributed by atoms with Gasteiger partial charge in [-0.3, -0.25) is 4.79 Å². The fourth-order valence-electron chi connectivity index (χ4n) is 3.01. The van der Waals surface area contributed by atoms with Crippen LogP contribution in [0.15, 0.2) is 36.4 Å². The Morgan fingerprint density at radius 2 is 1.85 bits per heavy atom. The molecule has 27 heavy (non-hydrogen) atoms. The van der Waals surface area contributed by atoms with Crippen molar-refractivity contribution < 1.29 is 19.1 Å². The number of esters is 1. The Kier molecular flexibility index (Phi) is 5.61. The number of aryl methyl sites for hydroxylation is 1. The van der Waals surface area contributed by atoms with Crippen molar-refractivity contribution in [3.63, 3.8) is 0 Å². The lowest BCUT2D eigenvalue weighted by Crippen LogP contribution is -2.36. The number of nitrogens with zero attached hydrogens (tertiary/aromatic N) is 1. The first kappa shape index (κ1) is 18.7. The molecule has 2 aromatic carbocycles. The van der Waals surface area contributed by atoms with E-state index < -0.39 is 5.97 Å². The Morgan fingerprint density at radius 1 is 1.11 bits per heavy atom. The lowest BCUT2D eigenvalue weighted by molar-refractivity contribution is 0.0602. The number of nitrogen functional groups attached to an aromatic ring is 1. The van der Waals surface area contributed by atoms with Crippen molar-refractivity contribution in [2.45, 2.75) is 6.92 Å². The number of ether oxygens (including phenoxy) is 2. The van der Waals surface area contributed by atoms with Crippen LogP contribution in [0.2, 0.25) is 0 Å². The van der Waals surface area contributed by atoms with Crippen molar-refractivity contribution in [3.05, 3.63) is 53.1 Å². The number of nitrogens with one attached hydrogen (secondary N) is 1. The van der Waals surface area contributed by atoms with Crippen LogP contribution in [0.4, 0.5) is 17.1 Å². The van der Waals surface area contributed by atoms with E-state index in [-0.39, 0.29) is 5.91 Å². The summed E-state index contributed by atoms with van der Waals surface area (Å²) in [6.07, 6.45) is 0. The number of carbonyl (C=O) groups excluding carboxylic acids is 2. The SMILES string of the molecule is COC(=O)c1cc(N2CCOCC2)ccc1NC(=O)c1cc(N)ccc1C. The summed E-state index contributed by atoms with van der Waals surface area (Å²) in [5.41, 5.74) is 9.13. The fraction of sp³-hybridized carbons (Fsp3) is 0.300. The summed E-state index contributed by atoms with van der Waals surface area (Å²) in [5.74, 6) is -0.839. The average molecular weight is 369 g/mol. The Labute approximate surface area is 158 Å². The highest BCUT2D eigenvalue weighted by Gasteiger charge is 2.19. The minimum atomic E-state index is -0.510. The van der Waals surface area contributed by atoms with Gasteiger partial charge in [-0.25, -0.2) is 4.79 Å². The van der Waals surface area contributed by atoms with Gasteiger partial charge in [0.2, 0.25) is 0 Å². The highest BCUT2D eigenvalue weighted by molar-refractivity contribution is 6.09. The number of benzene rings is 2. The van der Waals surface area contributed by atoms with Gasteiger partial charge in [0.1, 0.15) is 0 Å². The molecule has 0 atom stereocenters. The molecule has 3 N–H and O–H groups in total. The van der Waals surface area contributed by atoms with Crippen molar-refractivity contribution in [3.8, 4) is 0 Å². The number of hydrogen-bond acceptors (Lipinski definition) is 6. The summed E-state index contributed by atoms with van der Waals surface area (Å²) in [6, 6.07) is 10.5. The van der Waals surface area contributed by atoms with Gasteiger partial charge < -0.3 is 25.4 Å². The van der Waals surface area contributed by atoms with Crippen LogP contribution in [-0.2, 0) is 9.47 Å². The van der Waals surface area contributed by atoms with Crippen LogP contribution in [0, 0.1) is 6.92 Å². The molecule has 0 aromatic heterocycles. The van der Waals surface area contributed by atoms with Crippen LogP contribution < -0.4 is 16.0 Å². The van der Waals surface area contributed by atoms with Gasteiger partial charge in [-0.05, 0) is 42.8 Å². The Bertz CT molecular complexity index is 860. The zero-order valence-corrected chi connectivity index (χ0v) is 15.5. The van der Waals surface area contributed by atoms with Crippen LogP contribution >= 0.6 is 0 Å². The lowest BCUT2D eigenvalue weighted by atomic mass is 10.1. The topological polar surface area (TPSA) is 93.9 Å². The largest absolute Gasteiger partial charge is 0.465 e. The molecule has 7 nitrogen and oxygen atoms in total. The molecule has 0 radical (unpaired) electrons. The highest BCUT2D eigenvalue weighted by atomic mass is 16.5. The van der Waals surface area contributed by atoms with E-state index in [4.69, 9.17) is 15.2 Å². The molecule has 1 amide bonds. The van der Waals surface area contributed by atoms with Crippen molar-refractivity contribution in [1.82, 2.24) is 0 Å². The van der Waals surface area contributed by atoms with Crippen LogP contribution in [0.1, 0.15) is 26.3 Å². The van der Waals surface area contributed by atoms with E-state index in [9.17, 15) is 9.59 Å². The van der Waals surface area contributed by atoms with Crippen LogP contribution in [0.25, 0.3) is 0 Å². The zero-order chi connectivity index (χ0) is 19.4. The van der Waals surface area contributed by atoms with Gasteiger partial charge in [-0.15, -0.1) is 0 Å². The third-order valence-electron chi connectivity index (χ3n) is 4.54.